The molecule has 0 aromatic rings. The van der Waals surface area contributed by atoms with Crippen LogP contribution in [0.1, 0.15) is 278 Å². The van der Waals surface area contributed by atoms with Crippen molar-refractivity contribution in [3.8, 4) is 0 Å². The summed E-state index contributed by atoms with van der Waals surface area (Å²) in [5.74, 6) is -1.24. The van der Waals surface area contributed by atoms with Crippen molar-refractivity contribution >= 4 is 11.9 Å². The zero-order valence-corrected chi connectivity index (χ0v) is 51.2. The molecule has 8 atom stereocenters. The van der Waals surface area contributed by atoms with Gasteiger partial charge in [0.2, 0.25) is 5.91 Å². The van der Waals surface area contributed by atoms with E-state index in [1.54, 1.807) is 6.08 Å². The van der Waals surface area contributed by atoms with Gasteiger partial charge in [0.15, 0.2) is 12.4 Å². The Balaban J connectivity index is 2.65. The fourth-order valence-electron chi connectivity index (χ4n) is 10.0. The number of nitrogens with one attached hydrogen (secondary N) is 1. The van der Waals surface area contributed by atoms with Crippen LogP contribution >= 0.6 is 0 Å². The van der Waals surface area contributed by atoms with Gasteiger partial charge >= 0.3 is 5.97 Å². The van der Waals surface area contributed by atoms with Gasteiger partial charge in [-0.05, 0) is 44.9 Å². The normalized spacial score (nSPS) is 19.3. The van der Waals surface area contributed by atoms with Crippen LogP contribution in [-0.2, 0) is 23.8 Å². The standard InChI is InChI=1S/C69H121NO10/c1-4-7-10-13-16-19-22-25-27-29-30-31-32-33-35-36-38-41-44-47-50-53-56-62(73)68(77)70-60(61(72)55-52-49-46-43-40-24-21-18-15-12-9-6-3)59-78-69-67(66(76)65(75)63(58-71)79-69)80-64(74)57-54-51-48-45-42-39-37-34-28-26-23-20-17-14-11-8-5-2/h8,11,14,17,20,23,26,28,34,37,39,42,52,55,60-63,65-67,69,71-73,75-76H,4-7,9-10,12-13,15-16,18-19,21-22,24-25,27,29-33,35-36,38,40-41,43-51,53-54,56-59H2,1-3H3,(H,70,77)/b11-8-,17-14+,23-20+,28-26-,37-34+,42-39+,55-52+. The summed E-state index contributed by atoms with van der Waals surface area (Å²) in [6, 6.07) is -1.04. The molecular formula is C69H121NO10. The lowest BCUT2D eigenvalue weighted by molar-refractivity contribution is -0.305. The van der Waals surface area contributed by atoms with Gasteiger partial charge in [-0.25, -0.2) is 0 Å². The van der Waals surface area contributed by atoms with Crippen LogP contribution in [0.15, 0.2) is 85.1 Å². The minimum Gasteiger partial charge on any atom is -0.454 e. The second kappa shape index (κ2) is 56.3. The molecule has 1 heterocycles. The number of aliphatic hydroxyl groups excluding tert-OH is 5. The zero-order valence-electron chi connectivity index (χ0n) is 51.2. The van der Waals surface area contributed by atoms with Crippen LogP contribution in [0, 0.1) is 0 Å². The highest BCUT2D eigenvalue weighted by molar-refractivity contribution is 5.80. The SMILES string of the molecule is CC\C=C/C=C/C=C/C=C\C=C\C=C\CCCCCC(=O)OC1C(OCC(NC(=O)C(O)CCCCCCCCCCCCCCCCCCCCCCCC)C(O)/C=C/CCCCCCCCCCCC)OC(CO)C(O)C1O. The van der Waals surface area contributed by atoms with Crippen molar-refractivity contribution in [2.45, 2.75) is 327 Å². The van der Waals surface area contributed by atoms with E-state index in [0.29, 0.717) is 12.8 Å². The Hall–Kier alpha value is -3.16. The molecule has 1 aliphatic rings. The molecule has 0 saturated carbocycles. The van der Waals surface area contributed by atoms with Crippen LogP contribution in [0.3, 0.4) is 0 Å². The summed E-state index contributed by atoms with van der Waals surface area (Å²) < 4.78 is 17.6. The van der Waals surface area contributed by atoms with Gasteiger partial charge in [0.1, 0.15) is 24.4 Å². The number of hydrogen-bond acceptors (Lipinski definition) is 10. The van der Waals surface area contributed by atoms with E-state index < -0.39 is 67.4 Å². The molecular weight excluding hydrogens is 1000 g/mol. The number of aliphatic hydroxyl groups is 5. The third kappa shape index (κ3) is 43.5. The van der Waals surface area contributed by atoms with E-state index >= 15 is 0 Å². The molecule has 1 amide bonds. The molecule has 11 nitrogen and oxygen atoms in total. The minimum atomic E-state index is -1.64. The smallest absolute Gasteiger partial charge is 0.306 e. The Morgan fingerprint density at radius 1 is 0.500 bits per heavy atom. The number of amides is 1. The molecule has 462 valence electrons. The van der Waals surface area contributed by atoms with Crippen molar-refractivity contribution < 1.29 is 49.3 Å². The van der Waals surface area contributed by atoms with Crippen molar-refractivity contribution in [2.24, 2.45) is 0 Å². The molecule has 1 rings (SSSR count). The number of carbonyl (C=O) groups excluding carboxylic acids is 2. The molecule has 0 radical (unpaired) electrons. The molecule has 0 bridgehead atoms. The number of carbonyl (C=O) groups is 2. The van der Waals surface area contributed by atoms with E-state index in [1.165, 1.54) is 167 Å². The van der Waals surface area contributed by atoms with Crippen LogP contribution < -0.4 is 5.32 Å². The second-order valence-electron chi connectivity index (χ2n) is 22.6. The average molecular weight is 1120 g/mol. The lowest BCUT2D eigenvalue weighted by Crippen LogP contribution is -2.61. The monoisotopic (exact) mass is 1120 g/mol. The van der Waals surface area contributed by atoms with Crippen LogP contribution in [0.4, 0.5) is 0 Å². The first-order chi connectivity index (χ1) is 39.2. The van der Waals surface area contributed by atoms with E-state index in [2.05, 4.69) is 38.2 Å². The van der Waals surface area contributed by atoms with Gasteiger partial charge < -0.3 is 45.1 Å². The number of ether oxygens (including phenoxy) is 3. The molecule has 1 aliphatic heterocycles. The molecule has 11 heteroatoms. The maximum absolute atomic E-state index is 13.5. The molecule has 0 aromatic heterocycles. The fourth-order valence-corrected chi connectivity index (χ4v) is 10.0. The Morgan fingerprint density at radius 3 is 1.35 bits per heavy atom. The van der Waals surface area contributed by atoms with Gasteiger partial charge in [-0.15, -0.1) is 0 Å². The lowest BCUT2D eigenvalue weighted by atomic mass is 9.99. The average Bonchev–Trinajstić information content (AvgIpc) is 3.45. The molecule has 0 aliphatic carbocycles. The summed E-state index contributed by atoms with van der Waals surface area (Å²) in [4.78, 5) is 26.6. The largest absolute Gasteiger partial charge is 0.454 e. The maximum atomic E-state index is 13.5. The lowest BCUT2D eigenvalue weighted by Gasteiger charge is -2.41. The van der Waals surface area contributed by atoms with Crippen molar-refractivity contribution in [3.63, 3.8) is 0 Å². The fraction of sp³-hybridized carbons (Fsp3) is 0.768. The first-order valence-electron chi connectivity index (χ1n) is 32.9. The third-order valence-corrected chi connectivity index (χ3v) is 15.2. The molecule has 6 N–H and O–H groups in total. The summed E-state index contributed by atoms with van der Waals surface area (Å²) >= 11 is 0. The summed E-state index contributed by atoms with van der Waals surface area (Å²) in [6.07, 6.45) is 63.4. The number of unbranched alkanes of at least 4 members (excludes halogenated alkanes) is 34. The molecule has 0 spiro atoms. The van der Waals surface area contributed by atoms with Crippen LogP contribution in [0.25, 0.3) is 0 Å². The van der Waals surface area contributed by atoms with Crippen LogP contribution in [0.5, 0.6) is 0 Å². The Bertz CT molecular complexity index is 1620. The highest BCUT2D eigenvalue weighted by Gasteiger charge is 2.47. The van der Waals surface area contributed by atoms with Gasteiger partial charge in [-0.1, -0.05) is 311 Å². The number of hydrogen-bond donors (Lipinski definition) is 6. The zero-order chi connectivity index (χ0) is 58.2. The van der Waals surface area contributed by atoms with Gasteiger partial charge in [0.05, 0.1) is 25.4 Å². The van der Waals surface area contributed by atoms with Crippen molar-refractivity contribution in [3.05, 3.63) is 85.1 Å². The van der Waals surface area contributed by atoms with E-state index in [9.17, 15) is 35.1 Å². The van der Waals surface area contributed by atoms with E-state index in [1.807, 2.05) is 66.8 Å². The number of allylic oxidation sites excluding steroid dienone is 13. The first-order valence-corrected chi connectivity index (χ1v) is 32.9. The second-order valence-corrected chi connectivity index (χ2v) is 22.6. The predicted octanol–water partition coefficient (Wildman–Crippen LogP) is 16.1. The Kier molecular flexibility index (Phi) is 52.7. The topological polar surface area (TPSA) is 175 Å². The third-order valence-electron chi connectivity index (χ3n) is 15.2. The van der Waals surface area contributed by atoms with Gasteiger partial charge in [0, 0.05) is 6.42 Å². The Labute approximate surface area is 489 Å². The van der Waals surface area contributed by atoms with Gasteiger partial charge in [-0.2, -0.15) is 0 Å². The minimum absolute atomic E-state index is 0.0696. The highest BCUT2D eigenvalue weighted by Crippen LogP contribution is 2.26. The number of rotatable bonds is 55. The number of esters is 1. The van der Waals surface area contributed by atoms with Crippen molar-refractivity contribution in [1.82, 2.24) is 5.32 Å². The van der Waals surface area contributed by atoms with E-state index in [0.717, 1.165) is 64.2 Å². The molecule has 8 unspecified atom stereocenters. The molecule has 80 heavy (non-hydrogen) atoms. The molecule has 1 saturated heterocycles. The molecule has 1 fully saturated rings. The highest BCUT2D eigenvalue weighted by atomic mass is 16.7. The predicted molar refractivity (Wildman–Crippen MR) is 333 cm³/mol. The quantitative estimate of drug-likeness (QED) is 0.0149. The summed E-state index contributed by atoms with van der Waals surface area (Å²) in [7, 11) is 0. The van der Waals surface area contributed by atoms with Crippen molar-refractivity contribution in [1.29, 1.82) is 0 Å². The summed E-state index contributed by atoms with van der Waals surface area (Å²) in [5, 5.41) is 57.1. The molecule has 0 aromatic carbocycles. The summed E-state index contributed by atoms with van der Waals surface area (Å²) in [5.41, 5.74) is 0. The van der Waals surface area contributed by atoms with Crippen molar-refractivity contribution in [2.75, 3.05) is 13.2 Å². The maximum Gasteiger partial charge on any atom is 0.306 e. The van der Waals surface area contributed by atoms with E-state index in [-0.39, 0.29) is 19.4 Å². The Morgan fingerprint density at radius 2 is 0.900 bits per heavy atom. The summed E-state index contributed by atoms with van der Waals surface area (Å²) in [6.45, 7) is 5.64. The van der Waals surface area contributed by atoms with Gasteiger partial charge in [0.25, 0.3) is 0 Å². The van der Waals surface area contributed by atoms with Gasteiger partial charge in [-0.3, -0.25) is 9.59 Å². The first kappa shape index (κ1) is 74.9. The van der Waals surface area contributed by atoms with E-state index in [4.69, 9.17) is 14.2 Å². The van der Waals surface area contributed by atoms with Crippen LogP contribution in [0.2, 0.25) is 0 Å². The van der Waals surface area contributed by atoms with Crippen LogP contribution in [-0.4, -0.2) is 99.6 Å².